The highest BCUT2D eigenvalue weighted by atomic mass is 35.5. The zero-order chi connectivity index (χ0) is 11.4. The predicted molar refractivity (Wildman–Crippen MR) is 64.6 cm³/mol. The minimum Gasteiger partial charge on any atom is -0.294 e. The van der Waals surface area contributed by atoms with Gasteiger partial charge in [0, 0.05) is 11.5 Å². The molecule has 1 aromatic carbocycles. The Morgan fingerprint density at radius 3 is 2.47 bits per heavy atom. The lowest BCUT2D eigenvalue weighted by Gasteiger charge is -2.12. The second kappa shape index (κ2) is 5.32. The Balaban J connectivity index is 3.05. The van der Waals surface area contributed by atoms with Crippen LogP contribution >= 0.6 is 11.6 Å². The Hall–Kier alpha value is -0.820. The van der Waals surface area contributed by atoms with Crippen molar-refractivity contribution in [2.75, 3.05) is 0 Å². The lowest BCUT2D eigenvalue weighted by Crippen LogP contribution is -2.13. The molecule has 0 unspecified atom stereocenters. The van der Waals surface area contributed by atoms with Crippen LogP contribution in [0.4, 0.5) is 0 Å². The molecule has 0 bridgehead atoms. The van der Waals surface area contributed by atoms with Crippen LogP contribution in [-0.4, -0.2) is 5.78 Å². The molecule has 1 rings (SSSR count). The molecule has 1 aromatic rings. The lowest BCUT2D eigenvalue weighted by atomic mass is 9.92. The first kappa shape index (κ1) is 12.3. The van der Waals surface area contributed by atoms with Crippen LogP contribution in [0.15, 0.2) is 18.2 Å². The number of benzene rings is 1. The third-order valence-electron chi connectivity index (χ3n) is 2.81. The maximum absolute atomic E-state index is 12.1. The Morgan fingerprint density at radius 2 is 1.93 bits per heavy atom. The van der Waals surface area contributed by atoms with E-state index in [2.05, 4.69) is 0 Å². The molecular weight excluding hydrogens is 208 g/mol. The van der Waals surface area contributed by atoms with Crippen LogP contribution in [0.2, 0.25) is 5.02 Å². The third kappa shape index (κ3) is 2.60. The molecule has 15 heavy (non-hydrogen) atoms. The van der Waals surface area contributed by atoms with Crippen LogP contribution in [0, 0.1) is 12.8 Å². The van der Waals surface area contributed by atoms with Crippen LogP contribution in [0.5, 0.6) is 0 Å². The summed E-state index contributed by atoms with van der Waals surface area (Å²) >= 11 is 6.13. The van der Waals surface area contributed by atoms with E-state index in [0.29, 0.717) is 10.6 Å². The highest BCUT2D eigenvalue weighted by Gasteiger charge is 2.19. The van der Waals surface area contributed by atoms with Gasteiger partial charge in [0.2, 0.25) is 0 Å². The van der Waals surface area contributed by atoms with Gasteiger partial charge in [-0.2, -0.15) is 0 Å². The van der Waals surface area contributed by atoms with Crippen LogP contribution < -0.4 is 0 Å². The summed E-state index contributed by atoms with van der Waals surface area (Å²) in [7, 11) is 0. The van der Waals surface area contributed by atoms with Gasteiger partial charge < -0.3 is 0 Å². The smallest absolute Gasteiger partial charge is 0.167 e. The number of aryl methyl sites for hydroxylation is 1. The fourth-order valence-electron chi connectivity index (χ4n) is 1.72. The van der Waals surface area contributed by atoms with E-state index in [0.717, 1.165) is 18.4 Å². The molecule has 0 saturated carbocycles. The highest BCUT2D eigenvalue weighted by Crippen LogP contribution is 2.25. The van der Waals surface area contributed by atoms with Gasteiger partial charge in [0.05, 0.1) is 5.02 Å². The van der Waals surface area contributed by atoms with Crippen LogP contribution in [-0.2, 0) is 0 Å². The highest BCUT2D eigenvalue weighted by molar-refractivity contribution is 6.34. The Morgan fingerprint density at radius 1 is 1.33 bits per heavy atom. The van der Waals surface area contributed by atoms with E-state index in [1.807, 2.05) is 39.0 Å². The van der Waals surface area contributed by atoms with Crippen molar-refractivity contribution in [1.82, 2.24) is 0 Å². The fourth-order valence-corrected chi connectivity index (χ4v) is 1.94. The number of carbonyl (C=O) groups excluding carboxylic acids is 1. The van der Waals surface area contributed by atoms with Crippen LogP contribution in [0.25, 0.3) is 0 Å². The quantitative estimate of drug-likeness (QED) is 0.699. The Kier molecular flexibility index (Phi) is 4.34. The molecular formula is C13H17ClO. The van der Waals surface area contributed by atoms with Gasteiger partial charge in [-0.1, -0.05) is 37.6 Å². The van der Waals surface area contributed by atoms with E-state index in [1.165, 1.54) is 0 Å². The second-order valence-corrected chi connectivity index (χ2v) is 4.19. The summed E-state index contributed by atoms with van der Waals surface area (Å²) in [6.45, 7) is 6.00. The fraction of sp³-hybridized carbons (Fsp3) is 0.462. The van der Waals surface area contributed by atoms with Crippen molar-refractivity contribution in [1.29, 1.82) is 0 Å². The van der Waals surface area contributed by atoms with Gasteiger partial charge in [0.25, 0.3) is 0 Å². The Labute approximate surface area is 96.5 Å². The van der Waals surface area contributed by atoms with Gasteiger partial charge in [0.15, 0.2) is 5.78 Å². The molecule has 0 amide bonds. The number of hydrogen-bond donors (Lipinski definition) is 0. The number of Topliss-reactive ketones (excluding diaryl/α,β-unsaturated/α-hetero) is 1. The molecule has 0 aliphatic carbocycles. The Bertz CT molecular complexity index is 354. The van der Waals surface area contributed by atoms with Crippen LogP contribution in [0.1, 0.15) is 42.6 Å². The SMILES string of the molecule is CCC(CC)C(=O)c1cccc(C)c1Cl. The maximum atomic E-state index is 12.1. The van der Waals surface area contributed by atoms with Crippen LogP contribution in [0.3, 0.4) is 0 Å². The van der Waals surface area contributed by atoms with Gasteiger partial charge in [-0.25, -0.2) is 0 Å². The van der Waals surface area contributed by atoms with E-state index in [-0.39, 0.29) is 11.7 Å². The third-order valence-corrected chi connectivity index (χ3v) is 3.32. The normalized spacial score (nSPS) is 10.7. The molecule has 0 spiro atoms. The molecule has 0 radical (unpaired) electrons. The molecule has 0 aliphatic heterocycles. The topological polar surface area (TPSA) is 17.1 Å². The van der Waals surface area contributed by atoms with Crippen molar-refractivity contribution in [3.05, 3.63) is 34.3 Å². The van der Waals surface area contributed by atoms with E-state index >= 15 is 0 Å². The van der Waals surface area contributed by atoms with Crippen molar-refractivity contribution in [2.24, 2.45) is 5.92 Å². The van der Waals surface area contributed by atoms with E-state index in [9.17, 15) is 4.79 Å². The van der Waals surface area contributed by atoms with Crippen molar-refractivity contribution in [3.8, 4) is 0 Å². The lowest BCUT2D eigenvalue weighted by molar-refractivity contribution is 0.0913. The number of halogens is 1. The van der Waals surface area contributed by atoms with E-state index in [1.54, 1.807) is 0 Å². The molecule has 2 heteroatoms. The van der Waals surface area contributed by atoms with Gasteiger partial charge in [0.1, 0.15) is 0 Å². The van der Waals surface area contributed by atoms with Gasteiger partial charge >= 0.3 is 0 Å². The van der Waals surface area contributed by atoms with E-state index < -0.39 is 0 Å². The molecule has 0 saturated heterocycles. The summed E-state index contributed by atoms with van der Waals surface area (Å²) in [6.07, 6.45) is 1.75. The molecule has 0 fully saturated rings. The molecule has 0 N–H and O–H groups in total. The molecule has 0 aliphatic rings. The van der Waals surface area contributed by atoms with Gasteiger partial charge in [-0.05, 0) is 31.4 Å². The van der Waals surface area contributed by atoms with Crippen molar-refractivity contribution in [2.45, 2.75) is 33.6 Å². The average Bonchev–Trinajstić information content (AvgIpc) is 2.23. The standard InChI is InChI=1S/C13H17ClO/c1-4-10(5-2)13(15)11-8-6-7-9(3)12(11)14/h6-8,10H,4-5H2,1-3H3. The first-order chi connectivity index (χ1) is 7.11. The van der Waals surface area contributed by atoms with E-state index in [4.69, 9.17) is 11.6 Å². The van der Waals surface area contributed by atoms with Crippen molar-refractivity contribution < 1.29 is 4.79 Å². The monoisotopic (exact) mass is 224 g/mol. The summed E-state index contributed by atoms with van der Waals surface area (Å²) in [5.74, 6) is 0.276. The first-order valence-electron chi connectivity index (χ1n) is 5.41. The second-order valence-electron chi connectivity index (χ2n) is 3.81. The molecule has 1 nitrogen and oxygen atoms in total. The van der Waals surface area contributed by atoms with Crippen molar-refractivity contribution in [3.63, 3.8) is 0 Å². The molecule has 82 valence electrons. The number of ketones is 1. The summed E-state index contributed by atoms with van der Waals surface area (Å²) in [5, 5.41) is 0.606. The van der Waals surface area contributed by atoms with Crippen molar-refractivity contribution >= 4 is 17.4 Å². The molecule has 0 aromatic heterocycles. The maximum Gasteiger partial charge on any atom is 0.167 e. The average molecular weight is 225 g/mol. The summed E-state index contributed by atoms with van der Waals surface area (Å²) in [4.78, 5) is 12.1. The number of hydrogen-bond acceptors (Lipinski definition) is 1. The molecule has 0 atom stereocenters. The zero-order valence-electron chi connectivity index (χ0n) is 9.51. The summed E-state index contributed by atoms with van der Waals surface area (Å²) in [6, 6.07) is 5.62. The number of carbonyl (C=O) groups is 1. The minimum absolute atomic E-state index is 0.101. The van der Waals surface area contributed by atoms with Gasteiger partial charge in [-0.3, -0.25) is 4.79 Å². The summed E-state index contributed by atoms with van der Waals surface area (Å²) < 4.78 is 0. The van der Waals surface area contributed by atoms with Gasteiger partial charge in [-0.15, -0.1) is 0 Å². The summed E-state index contributed by atoms with van der Waals surface area (Å²) in [5.41, 5.74) is 1.64. The predicted octanol–water partition coefficient (Wildman–Crippen LogP) is 4.27. The first-order valence-corrected chi connectivity index (χ1v) is 5.78. The minimum atomic E-state index is 0.101. The molecule has 0 heterocycles. The number of rotatable bonds is 4. The zero-order valence-corrected chi connectivity index (χ0v) is 10.3. The largest absolute Gasteiger partial charge is 0.294 e.